The lowest BCUT2D eigenvalue weighted by Crippen LogP contribution is -2.42. The summed E-state index contributed by atoms with van der Waals surface area (Å²) in [5.74, 6) is -5.13. The first-order valence-electron chi connectivity index (χ1n) is 16.4. The normalized spacial score (nSPS) is 15.1. The van der Waals surface area contributed by atoms with E-state index in [4.69, 9.17) is 28.4 Å². The number of carboxylic acid groups (broad SMARTS) is 2. The van der Waals surface area contributed by atoms with Gasteiger partial charge >= 0.3 is 29.8 Å². The molecule has 49 heavy (non-hydrogen) atoms. The predicted molar refractivity (Wildman–Crippen MR) is 179 cm³/mol. The zero-order chi connectivity index (χ0) is 37.4. The van der Waals surface area contributed by atoms with Crippen LogP contribution >= 0.6 is 0 Å². The van der Waals surface area contributed by atoms with Crippen molar-refractivity contribution >= 4 is 29.8 Å². The molecule has 0 aliphatic heterocycles. The molecular weight excluding hydrogens is 640 g/mol. The van der Waals surface area contributed by atoms with Crippen molar-refractivity contribution in [3.63, 3.8) is 0 Å². The van der Waals surface area contributed by atoms with Crippen molar-refractivity contribution in [2.24, 2.45) is 22.2 Å². The third kappa shape index (κ3) is 13.5. The van der Waals surface area contributed by atoms with E-state index in [1.165, 1.54) is 31.2 Å². The number of aromatic carboxylic acids is 1. The van der Waals surface area contributed by atoms with Gasteiger partial charge in [-0.05, 0) is 65.5 Å². The summed E-state index contributed by atoms with van der Waals surface area (Å²) in [4.78, 5) is 63.2. The van der Waals surface area contributed by atoms with Crippen LogP contribution in [0.5, 0.6) is 0 Å². The smallest absolute Gasteiger partial charge is 0.339 e. The van der Waals surface area contributed by atoms with Gasteiger partial charge in [-0.2, -0.15) is 0 Å². The zero-order valence-corrected chi connectivity index (χ0v) is 30.1. The Balaban J connectivity index is 3.00. The molecule has 0 aliphatic rings. The molecule has 276 valence electrons. The molecule has 1 aromatic carbocycles. The highest BCUT2D eigenvalue weighted by atomic mass is 16.6. The third-order valence-corrected chi connectivity index (χ3v) is 8.58. The van der Waals surface area contributed by atoms with Crippen LogP contribution in [-0.2, 0) is 42.8 Å². The minimum atomic E-state index is -1.56. The Bertz CT molecular complexity index is 1290. The van der Waals surface area contributed by atoms with Crippen molar-refractivity contribution in [3.8, 4) is 0 Å². The van der Waals surface area contributed by atoms with E-state index in [2.05, 4.69) is 6.58 Å². The van der Waals surface area contributed by atoms with Crippen LogP contribution in [0.4, 0.5) is 0 Å². The molecule has 1 aromatic rings. The summed E-state index contributed by atoms with van der Waals surface area (Å²) < 4.78 is 32.4. The number of ether oxygens (including phenoxy) is 6. The number of methoxy groups -OCH3 is 1. The highest BCUT2D eigenvalue weighted by molar-refractivity contribution is 6.02. The van der Waals surface area contributed by atoms with E-state index in [1.807, 2.05) is 20.8 Å². The first-order chi connectivity index (χ1) is 22.9. The first-order valence-corrected chi connectivity index (χ1v) is 16.4. The van der Waals surface area contributed by atoms with Crippen LogP contribution in [0.2, 0.25) is 0 Å². The average Bonchev–Trinajstić information content (AvgIpc) is 3.05. The van der Waals surface area contributed by atoms with E-state index < -0.39 is 52.0 Å². The fourth-order valence-electron chi connectivity index (χ4n) is 5.32. The molecule has 0 saturated heterocycles. The van der Waals surface area contributed by atoms with Gasteiger partial charge in [0.1, 0.15) is 19.8 Å². The fourth-order valence-corrected chi connectivity index (χ4v) is 5.32. The standard InChI is InChI=1S/C36H54O13/c1-10-35(7,33(43)49-19-18-48-31(40)28-15-13-12-14-27(28)29(37)38)23-36(8,32(41)42)21-26(30(39)46-11-2)20-34(5,6)25(4)47-17-16-45-22-24(3)44-9/h12-15,24,26H,4,10-11,16-23H2,1-3,5-9H3,(H,37,38)(H,41,42). The van der Waals surface area contributed by atoms with E-state index in [0.717, 1.165) is 0 Å². The summed E-state index contributed by atoms with van der Waals surface area (Å²) in [5, 5.41) is 19.7. The van der Waals surface area contributed by atoms with E-state index >= 15 is 0 Å². The molecule has 0 bridgehead atoms. The maximum absolute atomic E-state index is 13.3. The Labute approximate surface area is 289 Å². The maximum atomic E-state index is 13.3. The molecule has 13 heteroatoms. The van der Waals surface area contributed by atoms with Gasteiger partial charge in [0.2, 0.25) is 0 Å². The Hall–Kier alpha value is -3.97. The molecule has 4 atom stereocenters. The first kappa shape index (κ1) is 43.1. The molecule has 0 amide bonds. The number of hydrogen-bond donors (Lipinski definition) is 2. The summed E-state index contributed by atoms with van der Waals surface area (Å²) >= 11 is 0. The van der Waals surface area contributed by atoms with Crippen LogP contribution in [0.25, 0.3) is 0 Å². The van der Waals surface area contributed by atoms with Crippen LogP contribution in [0.15, 0.2) is 36.6 Å². The number of allylic oxidation sites excluding steroid dienone is 1. The van der Waals surface area contributed by atoms with Gasteiger partial charge in [-0.15, -0.1) is 0 Å². The zero-order valence-electron chi connectivity index (χ0n) is 30.1. The van der Waals surface area contributed by atoms with Crippen LogP contribution < -0.4 is 0 Å². The lowest BCUT2D eigenvalue weighted by atomic mass is 9.66. The number of rotatable bonds is 24. The number of carboxylic acids is 2. The SMILES string of the molecule is C=C(OCCOCC(C)OC)C(C)(C)CC(CC(C)(CC(C)(CC)C(=O)OCCOC(=O)c1ccccc1C(=O)O)C(=O)O)C(=O)OCC. The molecular formula is C36H54O13. The predicted octanol–water partition coefficient (Wildman–Crippen LogP) is 5.55. The molecule has 0 saturated carbocycles. The molecule has 13 nitrogen and oxygen atoms in total. The van der Waals surface area contributed by atoms with E-state index in [-0.39, 0.29) is 69.3 Å². The molecule has 4 unspecified atom stereocenters. The van der Waals surface area contributed by atoms with Crippen molar-refractivity contribution in [2.45, 2.75) is 80.3 Å². The summed E-state index contributed by atoms with van der Waals surface area (Å²) in [5.41, 5.74) is -3.97. The van der Waals surface area contributed by atoms with Gasteiger partial charge < -0.3 is 38.6 Å². The minimum absolute atomic E-state index is 0.0646. The number of aliphatic carboxylic acids is 1. The molecule has 0 aliphatic carbocycles. The molecule has 0 fully saturated rings. The van der Waals surface area contributed by atoms with Gasteiger partial charge in [0.15, 0.2) is 0 Å². The van der Waals surface area contributed by atoms with Gasteiger partial charge in [0, 0.05) is 12.5 Å². The van der Waals surface area contributed by atoms with Crippen molar-refractivity contribution < 1.29 is 62.6 Å². The van der Waals surface area contributed by atoms with E-state index in [1.54, 1.807) is 27.9 Å². The van der Waals surface area contributed by atoms with Crippen molar-refractivity contribution in [2.75, 3.05) is 46.8 Å². The second kappa shape index (κ2) is 19.9. The Morgan fingerprint density at radius 3 is 1.96 bits per heavy atom. The molecule has 2 N–H and O–H groups in total. The largest absolute Gasteiger partial charge is 0.496 e. The van der Waals surface area contributed by atoms with E-state index in [0.29, 0.717) is 19.0 Å². The number of carbonyl (C=O) groups excluding carboxylic acids is 3. The summed E-state index contributed by atoms with van der Waals surface area (Å²) in [7, 11) is 1.59. The number of esters is 3. The third-order valence-electron chi connectivity index (χ3n) is 8.58. The van der Waals surface area contributed by atoms with E-state index in [9.17, 15) is 34.2 Å². The maximum Gasteiger partial charge on any atom is 0.339 e. The monoisotopic (exact) mass is 694 g/mol. The number of benzene rings is 1. The van der Waals surface area contributed by atoms with Gasteiger partial charge in [-0.1, -0.05) is 39.5 Å². The molecule has 0 aromatic heterocycles. The van der Waals surface area contributed by atoms with Crippen LogP contribution in [0.1, 0.15) is 94.9 Å². The van der Waals surface area contributed by atoms with Crippen LogP contribution in [0, 0.1) is 22.2 Å². The van der Waals surface area contributed by atoms with Gasteiger partial charge in [-0.3, -0.25) is 14.4 Å². The molecule has 0 heterocycles. The summed E-state index contributed by atoms with van der Waals surface area (Å²) in [6.07, 6.45) is 0.0103. The topological polar surface area (TPSA) is 181 Å². The van der Waals surface area contributed by atoms with Gasteiger partial charge in [0.05, 0.1) is 59.6 Å². The summed E-state index contributed by atoms with van der Waals surface area (Å²) in [6.45, 7) is 16.4. The second-order valence-electron chi connectivity index (χ2n) is 13.2. The average molecular weight is 695 g/mol. The highest BCUT2D eigenvalue weighted by Gasteiger charge is 2.48. The van der Waals surface area contributed by atoms with Gasteiger partial charge in [-0.25, -0.2) is 9.59 Å². The number of hydrogen-bond acceptors (Lipinski definition) is 11. The minimum Gasteiger partial charge on any atom is -0.496 e. The molecule has 1 rings (SSSR count). The highest BCUT2D eigenvalue weighted by Crippen LogP contribution is 2.45. The van der Waals surface area contributed by atoms with Crippen molar-refractivity contribution in [3.05, 3.63) is 47.7 Å². The quantitative estimate of drug-likeness (QED) is 0.0595. The lowest BCUT2D eigenvalue weighted by molar-refractivity contribution is -0.164. The Kier molecular flexibility index (Phi) is 17.5. The Morgan fingerprint density at radius 1 is 0.816 bits per heavy atom. The fraction of sp³-hybridized carbons (Fsp3) is 0.639. The molecule has 0 spiro atoms. The summed E-state index contributed by atoms with van der Waals surface area (Å²) in [6, 6.07) is 5.55. The Morgan fingerprint density at radius 2 is 1.41 bits per heavy atom. The number of carbonyl (C=O) groups is 5. The van der Waals surface area contributed by atoms with Gasteiger partial charge in [0.25, 0.3) is 0 Å². The van der Waals surface area contributed by atoms with Crippen LogP contribution in [-0.4, -0.2) is 92.9 Å². The van der Waals surface area contributed by atoms with Crippen molar-refractivity contribution in [1.82, 2.24) is 0 Å². The second-order valence-corrected chi connectivity index (χ2v) is 13.2. The van der Waals surface area contributed by atoms with Crippen LogP contribution in [0.3, 0.4) is 0 Å². The lowest BCUT2D eigenvalue weighted by Gasteiger charge is -2.38. The molecule has 0 radical (unpaired) electrons. The van der Waals surface area contributed by atoms with Crippen molar-refractivity contribution in [1.29, 1.82) is 0 Å².